The van der Waals surface area contributed by atoms with Crippen molar-refractivity contribution in [1.29, 1.82) is 0 Å². The van der Waals surface area contributed by atoms with Crippen LogP contribution in [0.15, 0.2) is 35.9 Å². The minimum Gasteiger partial charge on any atom is -0.497 e. The van der Waals surface area contributed by atoms with E-state index in [9.17, 15) is 4.39 Å². The zero-order chi connectivity index (χ0) is 8.69. The summed E-state index contributed by atoms with van der Waals surface area (Å²) in [7, 11) is 1.51. The number of allylic oxidation sites excluding steroid dienone is 5. The SMILES string of the molecule is CC=C/C(=C\C(F)=C/C)OC. The zero-order valence-electron chi connectivity index (χ0n) is 7.10. The van der Waals surface area contributed by atoms with Gasteiger partial charge in [-0.3, -0.25) is 0 Å². The van der Waals surface area contributed by atoms with Gasteiger partial charge in [0.1, 0.15) is 11.6 Å². The maximum atomic E-state index is 12.6. The Labute approximate surface area is 66.9 Å². The molecule has 0 fully saturated rings. The van der Waals surface area contributed by atoms with Crippen LogP contribution in [0, 0.1) is 0 Å². The Morgan fingerprint density at radius 2 is 2.00 bits per heavy atom. The predicted molar refractivity (Wildman–Crippen MR) is 44.8 cm³/mol. The average molecular weight is 156 g/mol. The molecule has 0 aliphatic heterocycles. The lowest BCUT2D eigenvalue weighted by Crippen LogP contribution is -1.81. The fourth-order valence-corrected chi connectivity index (χ4v) is 0.559. The Kier molecular flexibility index (Phi) is 5.17. The van der Waals surface area contributed by atoms with Crippen LogP contribution < -0.4 is 0 Å². The smallest absolute Gasteiger partial charge is 0.122 e. The van der Waals surface area contributed by atoms with Gasteiger partial charge in [-0.05, 0) is 19.9 Å². The minimum absolute atomic E-state index is 0.292. The maximum Gasteiger partial charge on any atom is 0.122 e. The maximum absolute atomic E-state index is 12.6. The fraction of sp³-hybridized carbons (Fsp3) is 0.333. The molecule has 0 atom stereocenters. The molecular formula is C9H13FO. The van der Waals surface area contributed by atoms with Crippen LogP contribution >= 0.6 is 0 Å². The molecule has 11 heavy (non-hydrogen) atoms. The Bertz CT molecular complexity index is 190. The molecule has 0 radical (unpaired) electrons. The summed E-state index contributed by atoms with van der Waals surface area (Å²) in [6.45, 7) is 3.48. The number of rotatable bonds is 3. The highest BCUT2D eigenvalue weighted by Gasteiger charge is 1.90. The Morgan fingerprint density at radius 3 is 2.36 bits per heavy atom. The molecule has 0 aromatic carbocycles. The first kappa shape index (κ1) is 9.95. The second-order valence-electron chi connectivity index (χ2n) is 1.92. The van der Waals surface area contributed by atoms with Crippen LogP contribution in [0.3, 0.4) is 0 Å². The second kappa shape index (κ2) is 5.71. The molecule has 0 N–H and O–H groups in total. The Morgan fingerprint density at radius 1 is 1.36 bits per heavy atom. The topological polar surface area (TPSA) is 9.23 Å². The summed E-state index contributed by atoms with van der Waals surface area (Å²) in [6.07, 6.45) is 6.20. The van der Waals surface area contributed by atoms with Gasteiger partial charge < -0.3 is 4.74 Å². The lowest BCUT2D eigenvalue weighted by Gasteiger charge is -1.97. The first-order valence-electron chi connectivity index (χ1n) is 3.44. The summed E-state index contributed by atoms with van der Waals surface area (Å²) in [5.41, 5.74) is 0. The lowest BCUT2D eigenvalue weighted by atomic mass is 10.3. The van der Waals surface area contributed by atoms with Gasteiger partial charge in [-0.1, -0.05) is 12.2 Å². The van der Waals surface area contributed by atoms with Gasteiger partial charge in [0.05, 0.1) is 7.11 Å². The number of hydrogen-bond acceptors (Lipinski definition) is 1. The minimum atomic E-state index is -0.292. The number of ether oxygens (including phenoxy) is 1. The van der Waals surface area contributed by atoms with E-state index in [4.69, 9.17) is 4.74 Å². The molecule has 0 aromatic rings. The molecule has 0 spiro atoms. The monoisotopic (exact) mass is 156 g/mol. The van der Waals surface area contributed by atoms with Crippen molar-refractivity contribution in [3.05, 3.63) is 35.9 Å². The highest BCUT2D eigenvalue weighted by Crippen LogP contribution is 2.05. The summed E-state index contributed by atoms with van der Waals surface area (Å²) in [4.78, 5) is 0. The van der Waals surface area contributed by atoms with Crippen LogP contribution in [0.2, 0.25) is 0 Å². The van der Waals surface area contributed by atoms with Crippen LogP contribution in [0.25, 0.3) is 0 Å². The fourth-order valence-electron chi connectivity index (χ4n) is 0.559. The van der Waals surface area contributed by atoms with Crippen LogP contribution in [0.5, 0.6) is 0 Å². The van der Waals surface area contributed by atoms with Crippen molar-refractivity contribution in [3.63, 3.8) is 0 Å². The van der Waals surface area contributed by atoms with Crippen LogP contribution in [0.1, 0.15) is 13.8 Å². The van der Waals surface area contributed by atoms with Crippen molar-refractivity contribution in [2.75, 3.05) is 7.11 Å². The first-order valence-corrected chi connectivity index (χ1v) is 3.44. The molecule has 0 aromatic heterocycles. The summed E-state index contributed by atoms with van der Waals surface area (Å²) in [6, 6.07) is 0. The van der Waals surface area contributed by atoms with E-state index in [1.165, 1.54) is 19.3 Å². The Hall–Kier alpha value is -1.05. The van der Waals surface area contributed by atoms with Gasteiger partial charge in [-0.2, -0.15) is 0 Å². The molecule has 0 bridgehead atoms. The van der Waals surface area contributed by atoms with Crippen LogP contribution in [0.4, 0.5) is 4.39 Å². The highest BCUT2D eigenvalue weighted by atomic mass is 19.1. The van der Waals surface area contributed by atoms with Crippen LogP contribution in [-0.4, -0.2) is 7.11 Å². The third-order valence-corrected chi connectivity index (χ3v) is 1.12. The van der Waals surface area contributed by atoms with Crippen molar-refractivity contribution in [2.24, 2.45) is 0 Å². The third kappa shape index (κ3) is 4.37. The summed E-state index contributed by atoms with van der Waals surface area (Å²) >= 11 is 0. The largest absolute Gasteiger partial charge is 0.497 e. The van der Waals surface area contributed by atoms with Gasteiger partial charge in [0.25, 0.3) is 0 Å². The molecule has 0 heterocycles. The third-order valence-electron chi connectivity index (χ3n) is 1.12. The summed E-state index contributed by atoms with van der Waals surface area (Å²) in [5, 5.41) is 0. The average Bonchev–Trinajstić information content (AvgIpc) is 2.03. The van der Waals surface area contributed by atoms with Gasteiger partial charge in [0.15, 0.2) is 0 Å². The zero-order valence-corrected chi connectivity index (χ0v) is 7.10. The van der Waals surface area contributed by atoms with E-state index < -0.39 is 0 Å². The van der Waals surface area contributed by atoms with E-state index in [0.717, 1.165) is 0 Å². The van der Waals surface area contributed by atoms with Gasteiger partial charge >= 0.3 is 0 Å². The van der Waals surface area contributed by atoms with E-state index in [-0.39, 0.29) is 5.83 Å². The molecule has 0 saturated heterocycles. The summed E-state index contributed by atoms with van der Waals surface area (Å²) in [5.74, 6) is 0.225. The molecule has 0 amide bonds. The number of halogens is 1. The Balaban J connectivity index is 4.35. The quantitative estimate of drug-likeness (QED) is 0.451. The van der Waals surface area contributed by atoms with Crippen molar-refractivity contribution >= 4 is 0 Å². The molecule has 0 unspecified atom stereocenters. The molecule has 0 aliphatic rings. The molecule has 1 nitrogen and oxygen atoms in total. The molecule has 0 aliphatic carbocycles. The molecular weight excluding hydrogens is 143 g/mol. The van der Waals surface area contributed by atoms with Crippen molar-refractivity contribution in [2.45, 2.75) is 13.8 Å². The van der Waals surface area contributed by atoms with Gasteiger partial charge in [-0.15, -0.1) is 0 Å². The predicted octanol–water partition coefficient (Wildman–Crippen LogP) is 2.97. The number of hydrogen-bond donors (Lipinski definition) is 0. The second-order valence-corrected chi connectivity index (χ2v) is 1.92. The molecule has 2 heteroatoms. The van der Waals surface area contributed by atoms with Crippen molar-refractivity contribution in [3.8, 4) is 0 Å². The first-order chi connectivity index (χ1) is 5.24. The standard InChI is InChI=1S/C9H13FO/c1-4-6-9(11-3)7-8(10)5-2/h4-7H,1-3H3/b6-4?,8-5+,9-7+. The lowest BCUT2D eigenvalue weighted by molar-refractivity contribution is 0.305. The van der Waals surface area contributed by atoms with Gasteiger partial charge in [-0.25, -0.2) is 4.39 Å². The van der Waals surface area contributed by atoms with E-state index in [2.05, 4.69) is 0 Å². The van der Waals surface area contributed by atoms with Crippen molar-refractivity contribution < 1.29 is 9.13 Å². The molecule has 0 rings (SSSR count). The molecule has 0 saturated carbocycles. The molecule has 62 valence electrons. The van der Waals surface area contributed by atoms with Gasteiger partial charge in [0.2, 0.25) is 0 Å². The van der Waals surface area contributed by atoms with Gasteiger partial charge in [0, 0.05) is 6.08 Å². The normalized spacial score (nSPS) is 14.2. The number of methoxy groups -OCH3 is 1. The summed E-state index contributed by atoms with van der Waals surface area (Å²) < 4.78 is 17.4. The van der Waals surface area contributed by atoms with E-state index in [0.29, 0.717) is 5.76 Å². The van der Waals surface area contributed by atoms with Crippen molar-refractivity contribution in [1.82, 2.24) is 0 Å². The van der Waals surface area contributed by atoms with E-state index >= 15 is 0 Å². The highest BCUT2D eigenvalue weighted by molar-refractivity contribution is 5.21. The van der Waals surface area contributed by atoms with E-state index in [1.807, 2.05) is 6.92 Å². The van der Waals surface area contributed by atoms with Crippen LogP contribution in [-0.2, 0) is 4.74 Å². The van der Waals surface area contributed by atoms with E-state index in [1.54, 1.807) is 19.1 Å².